The van der Waals surface area contributed by atoms with Crippen molar-refractivity contribution in [3.8, 4) is 0 Å². The molecule has 1 amide bonds. The molecule has 0 heterocycles. The minimum absolute atomic E-state index is 0.00784. The van der Waals surface area contributed by atoms with Crippen LogP contribution in [0.3, 0.4) is 0 Å². The Morgan fingerprint density at radius 2 is 2.05 bits per heavy atom. The van der Waals surface area contributed by atoms with Crippen molar-refractivity contribution in [1.82, 2.24) is 5.32 Å². The first-order chi connectivity index (χ1) is 9.63. The second-order valence-corrected chi connectivity index (χ2v) is 5.43. The van der Waals surface area contributed by atoms with E-state index in [0.29, 0.717) is 12.3 Å². The van der Waals surface area contributed by atoms with Crippen molar-refractivity contribution in [3.63, 3.8) is 0 Å². The maximum Gasteiger partial charge on any atom is 0.308 e. The van der Waals surface area contributed by atoms with E-state index in [1.54, 1.807) is 0 Å². The predicted octanol–water partition coefficient (Wildman–Crippen LogP) is 2.41. The molecule has 2 rings (SSSR count). The standard InChI is InChI=1S/C16H21NO3/c1-2-6-12(16(19)20)10-17-15(18)14-9-13(14)11-7-4-3-5-8-11/h3-5,7-8,12-14H,2,6,9-10H2,1H3,(H,17,18)(H,19,20). The zero-order chi connectivity index (χ0) is 14.5. The van der Waals surface area contributed by atoms with Gasteiger partial charge in [-0.1, -0.05) is 43.7 Å². The Morgan fingerprint density at radius 3 is 2.65 bits per heavy atom. The molecule has 108 valence electrons. The normalized spacial score (nSPS) is 22.1. The van der Waals surface area contributed by atoms with Crippen molar-refractivity contribution in [2.75, 3.05) is 6.54 Å². The summed E-state index contributed by atoms with van der Waals surface area (Å²) in [6.45, 7) is 2.18. The summed E-state index contributed by atoms with van der Waals surface area (Å²) in [5.74, 6) is -1.01. The highest BCUT2D eigenvalue weighted by molar-refractivity contribution is 5.83. The van der Waals surface area contributed by atoms with Crippen LogP contribution in [0.5, 0.6) is 0 Å². The Bertz CT molecular complexity index is 472. The second kappa shape index (κ2) is 6.55. The summed E-state index contributed by atoms with van der Waals surface area (Å²) < 4.78 is 0. The molecule has 4 nitrogen and oxygen atoms in total. The number of carbonyl (C=O) groups is 2. The largest absolute Gasteiger partial charge is 0.481 e. The number of amides is 1. The average Bonchev–Trinajstić information content (AvgIpc) is 3.24. The van der Waals surface area contributed by atoms with Crippen LogP contribution in [-0.2, 0) is 9.59 Å². The van der Waals surface area contributed by atoms with Crippen LogP contribution < -0.4 is 5.32 Å². The SMILES string of the molecule is CCCC(CNC(=O)C1CC1c1ccccc1)C(=O)O. The summed E-state index contributed by atoms with van der Waals surface area (Å²) in [6.07, 6.45) is 2.27. The number of carbonyl (C=O) groups excluding carboxylic acids is 1. The number of hydrogen-bond acceptors (Lipinski definition) is 2. The minimum Gasteiger partial charge on any atom is -0.481 e. The lowest BCUT2D eigenvalue weighted by Crippen LogP contribution is -2.34. The van der Waals surface area contributed by atoms with E-state index >= 15 is 0 Å². The number of nitrogens with one attached hydrogen (secondary N) is 1. The van der Waals surface area contributed by atoms with Crippen molar-refractivity contribution in [1.29, 1.82) is 0 Å². The Kier molecular flexibility index (Phi) is 4.77. The first kappa shape index (κ1) is 14.6. The molecule has 20 heavy (non-hydrogen) atoms. The Balaban J connectivity index is 1.81. The zero-order valence-corrected chi connectivity index (χ0v) is 11.7. The highest BCUT2D eigenvalue weighted by atomic mass is 16.4. The van der Waals surface area contributed by atoms with Crippen LogP contribution in [0.2, 0.25) is 0 Å². The first-order valence-corrected chi connectivity index (χ1v) is 7.19. The summed E-state index contributed by atoms with van der Waals surface area (Å²) in [4.78, 5) is 23.0. The lowest BCUT2D eigenvalue weighted by Gasteiger charge is -2.12. The van der Waals surface area contributed by atoms with E-state index in [9.17, 15) is 9.59 Å². The topological polar surface area (TPSA) is 66.4 Å². The summed E-state index contributed by atoms with van der Waals surface area (Å²) in [6, 6.07) is 9.99. The number of carboxylic acid groups (broad SMARTS) is 1. The Labute approximate surface area is 119 Å². The smallest absolute Gasteiger partial charge is 0.308 e. The van der Waals surface area contributed by atoms with E-state index < -0.39 is 11.9 Å². The molecule has 1 aromatic rings. The van der Waals surface area contributed by atoms with E-state index in [0.717, 1.165) is 12.8 Å². The number of aliphatic carboxylic acids is 1. The van der Waals surface area contributed by atoms with Gasteiger partial charge in [0, 0.05) is 12.5 Å². The predicted molar refractivity (Wildman–Crippen MR) is 76.3 cm³/mol. The maximum atomic E-state index is 12.0. The Morgan fingerprint density at radius 1 is 1.35 bits per heavy atom. The molecule has 1 aromatic carbocycles. The fourth-order valence-corrected chi connectivity index (χ4v) is 2.57. The van der Waals surface area contributed by atoms with Gasteiger partial charge in [0.1, 0.15) is 0 Å². The van der Waals surface area contributed by atoms with Crippen LogP contribution in [0.15, 0.2) is 30.3 Å². The fourth-order valence-electron chi connectivity index (χ4n) is 2.57. The van der Waals surface area contributed by atoms with Gasteiger partial charge in [-0.15, -0.1) is 0 Å². The van der Waals surface area contributed by atoms with E-state index in [1.807, 2.05) is 37.3 Å². The molecular weight excluding hydrogens is 254 g/mol. The number of carboxylic acids is 1. The van der Waals surface area contributed by atoms with Crippen molar-refractivity contribution in [2.45, 2.75) is 32.1 Å². The second-order valence-electron chi connectivity index (χ2n) is 5.43. The van der Waals surface area contributed by atoms with Crippen LogP contribution in [0.25, 0.3) is 0 Å². The number of hydrogen-bond donors (Lipinski definition) is 2. The molecule has 3 unspecified atom stereocenters. The van der Waals surface area contributed by atoms with E-state index in [2.05, 4.69) is 5.32 Å². The summed E-state index contributed by atoms with van der Waals surface area (Å²) >= 11 is 0. The van der Waals surface area contributed by atoms with Crippen LogP contribution in [0.4, 0.5) is 0 Å². The zero-order valence-electron chi connectivity index (χ0n) is 11.7. The summed E-state index contributed by atoms with van der Waals surface area (Å²) in [7, 11) is 0. The van der Waals surface area contributed by atoms with Gasteiger partial charge in [0.05, 0.1) is 5.92 Å². The van der Waals surface area contributed by atoms with Gasteiger partial charge in [0.2, 0.25) is 5.91 Å². The van der Waals surface area contributed by atoms with Crippen molar-refractivity contribution in [3.05, 3.63) is 35.9 Å². The van der Waals surface area contributed by atoms with Crippen molar-refractivity contribution < 1.29 is 14.7 Å². The van der Waals surface area contributed by atoms with Gasteiger partial charge >= 0.3 is 5.97 Å². The van der Waals surface area contributed by atoms with E-state index in [-0.39, 0.29) is 18.4 Å². The molecule has 0 aliphatic heterocycles. The molecule has 0 bridgehead atoms. The Hall–Kier alpha value is -1.84. The lowest BCUT2D eigenvalue weighted by molar-refractivity contribution is -0.142. The molecule has 0 aromatic heterocycles. The van der Waals surface area contributed by atoms with Crippen LogP contribution in [-0.4, -0.2) is 23.5 Å². The molecule has 0 spiro atoms. The third-order valence-corrected chi connectivity index (χ3v) is 3.86. The molecule has 3 atom stereocenters. The van der Waals surface area contributed by atoms with Gasteiger partial charge in [-0.25, -0.2) is 0 Å². The highest BCUT2D eigenvalue weighted by Gasteiger charge is 2.43. The minimum atomic E-state index is -0.831. The van der Waals surface area contributed by atoms with Crippen LogP contribution in [0.1, 0.15) is 37.7 Å². The molecule has 4 heteroatoms. The molecule has 1 aliphatic rings. The summed E-state index contributed by atoms with van der Waals surface area (Å²) in [5.41, 5.74) is 1.19. The van der Waals surface area contributed by atoms with Gasteiger partial charge in [0.25, 0.3) is 0 Å². The monoisotopic (exact) mass is 275 g/mol. The van der Waals surface area contributed by atoms with Crippen LogP contribution >= 0.6 is 0 Å². The molecule has 0 radical (unpaired) electrons. The van der Waals surface area contributed by atoms with Crippen molar-refractivity contribution in [2.24, 2.45) is 11.8 Å². The number of rotatable bonds is 7. The number of benzene rings is 1. The quantitative estimate of drug-likeness (QED) is 0.803. The van der Waals surface area contributed by atoms with Gasteiger partial charge in [-0.2, -0.15) is 0 Å². The average molecular weight is 275 g/mol. The van der Waals surface area contributed by atoms with Gasteiger partial charge in [-0.05, 0) is 24.3 Å². The third-order valence-electron chi connectivity index (χ3n) is 3.86. The maximum absolute atomic E-state index is 12.0. The van der Waals surface area contributed by atoms with E-state index in [4.69, 9.17) is 5.11 Å². The molecule has 2 N–H and O–H groups in total. The molecule has 1 fully saturated rings. The third kappa shape index (κ3) is 3.59. The van der Waals surface area contributed by atoms with Gasteiger partial charge in [-0.3, -0.25) is 9.59 Å². The first-order valence-electron chi connectivity index (χ1n) is 7.19. The van der Waals surface area contributed by atoms with Gasteiger partial charge in [0.15, 0.2) is 0 Å². The highest BCUT2D eigenvalue weighted by Crippen LogP contribution is 2.47. The molecule has 0 saturated heterocycles. The fraction of sp³-hybridized carbons (Fsp3) is 0.500. The van der Waals surface area contributed by atoms with E-state index in [1.165, 1.54) is 5.56 Å². The van der Waals surface area contributed by atoms with Crippen LogP contribution in [0, 0.1) is 11.8 Å². The molecule has 1 saturated carbocycles. The van der Waals surface area contributed by atoms with Gasteiger partial charge < -0.3 is 10.4 Å². The lowest BCUT2D eigenvalue weighted by atomic mass is 10.0. The molecule has 1 aliphatic carbocycles. The molecular formula is C16H21NO3. The summed E-state index contributed by atoms with van der Waals surface area (Å²) in [5, 5.41) is 11.8. The van der Waals surface area contributed by atoms with Crippen molar-refractivity contribution >= 4 is 11.9 Å².